The molecule has 0 aliphatic rings. The van der Waals surface area contributed by atoms with Crippen molar-refractivity contribution in [2.75, 3.05) is 18.5 Å². The predicted molar refractivity (Wildman–Crippen MR) is 76.6 cm³/mol. The highest BCUT2D eigenvalue weighted by Crippen LogP contribution is 2.20. The van der Waals surface area contributed by atoms with Gasteiger partial charge in [-0.15, -0.1) is 0 Å². The SMILES string of the molecule is CC(C)(CCO)CNC(=O)Nc1ccc(Br)cc1F. The van der Waals surface area contributed by atoms with Gasteiger partial charge in [0.25, 0.3) is 0 Å². The van der Waals surface area contributed by atoms with Gasteiger partial charge in [-0.3, -0.25) is 0 Å². The average Bonchev–Trinajstić information content (AvgIpc) is 2.30. The monoisotopic (exact) mass is 332 g/mol. The van der Waals surface area contributed by atoms with Gasteiger partial charge in [-0.25, -0.2) is 9.18 Å². The van der Waals surface area contributed by atoms with E-state index in [1.54, 1.807) is 6.07 Å². The first-order valence-corrected chi connectivity index (χ1v) is 6.74. The highest BCUT2D eigenvalue weighted by Gasteiger charge is 2.18. The van der Waals surface area contributed by atoms with Gasteiger partial charge in [0.05, 0.1) is 5.69 Å². The van der Waals surface area contributed by atoms with Crippen molar-refractivity contribution in [2.45, 2.75) is 20.3 Å². The molecule has 0 unspecified atom stereocenters. The lowest BCUT2D eigenvalue weighted by atomic mass is 9.90. The second-order valence-electron chi connectivity index (χ2n) is 5.07. The van der Waals surface area contributed by atoms with Crippen molar-refractivity contribution >= 4 is 27.6 Å². The number of urea groups is 1. The number of nitrogens with one attached hydrogen (secondary N) is 2. The third-order valence-electron chi connectivity index (χ3n) is 2.70. The molecule has 1 rings (SSSR count). The first-order chi connectivity index (χ1) is 8.84. The lowest BCUT2D eigenvalue weighted by molar-refractivity contribution is 0.204. The number of anilines is 1. The summed E-state index contributed by atoms with van der Waals surface area (Å²) in [4.78, 5) is 11.6. The van der Waals surface area contributed by atoms with E-state index >= 15 is 0 Å². The van der Waals surface area contributed by atoms with Crippen molar-refractivity contribution < 1.29 is 14.3 Å². The maximum Gasteiger partial charge on any atom is 0.319 e. The quantitative estimate of drug-likeness (QED) is 0.775. The highest BCUT2D eigenvalue weighted by atomic mass is 79.9. The maximum atomic E-state index is 13.5. The molecule has 0 radical (unpaired) electrons. The van der Waals surface area contributed by atoms with Crippen LogP contribution in [-0.4, -0.2) is 24.3 Å². The normalized spacial score (nSPS) is 11.2. The number of benzene rings is 1. The van der Waals surface area contributed by atoms with Gasteiger partial charge in [-0.1, -0.05) is 29.8 Å². The molecule has 0 spiro atoms. The third-order valence-corrected chi connectivity index (χ3v) is 3.19. The molecule has 3 N–H and O–H groups in total. The molecule has 1 aromatic rings. The molecule has 4 nitrogen and oxygen atoms in total. The van der Waals surface area contributed by atoms with Crippen LogP contribution in [0.25, 0.3) is 0 Å². The molecule has 0 aliphatic carbocycles. The largest absolute Gasteiger partial charge is 0.396 e. The van der Waals surface area contributed by atoms with Crippen LogP contribution in [0, 0.1) is 11.2 Å². The topological polar surface area (TPSA) is 61.4 Å². The average molecular weight is 333 g/mol. The van der Waals surface area contributed by atoms with Gasteiger partial charge >= 0.3 is 6.03 Å². The summed E-state index contributed by atoms with van der Waals surface area (Å²) in [7, 11) is 0. The van der Waals surface area contributed by atoms with Gasteiger partial charge < -0.3 is 15.7 Å². The molecule has 0 aliphatic heterocycles. The van der Waals surface area contributed by atoms with Gasteiger partial charge in [-0.2, -0.15) is 0 Å². The minimum absolute atomic E-state index is 0.0671. The smallest absolute Gasteiger partial charge is 0.319 e. The number of carbonyl (C=O) groups is 1. The number of hydrogen-bond donors (Lipinski definition) is 3. The van der Waals surface area contributed by atoms with Crippen molar-refractivity contribution in [3.63, 3.8) is 0 Å². The van der Waals surface area contributed by atoms with Crippen LogP contribution in [0.15, 0.2) is 22.7 Å². The number of amides is 2. The fraction of sp³-hybridized carbons (Fsp3) is 0.462. The fourth-order valence-corrected chi connectivity index (χ4v) is 1.80. The van der Waals surface area contributed by atoms with Crippen LogP contribution >= 0.6 is 15.9 Å². The van der Waals surface area contributed by atoms with Crippen LogP contribution in [0.3, 0.4) is 0 Å². The highest BCUT2D eigenvalue weighted by molar-refractivity contribution is 9.10. The molecule has 0 heterocycles. The van der Waals surface area contributed by atoms with Gasteiger partial charge in [0.15, 0.2) is 0 Å². The maximum absolute atomic E-state index is 13.5. The van der Waals surface area contributed by atoms with E-state index in [0.717, 1.165) is 0 Å². The van der Waals surface area contributed by atoms with Gasteiger partial charge in [-0.05, 0) is 30.0 Å². The van der Waals surface area contributed by atoms with Gasteiger partial charge in [0.1, 0.15) is 5.82 Å². The molecule has 1 aromatic carbocycles. The van der Waals surface area contributed by atoms with E-state index in [1.165, 1.54) is 12.1 Å². The Morgan fingerprint density at radius 2 is 2.16 bits per heavy atom. The summed E-state index contributed by atoms with van der Waals surface area (Å²) in [6.07, 6.45) is 0.583. The van der Waals surface area contributed by atoms with Gasteiger partial charge in [0, 0.05) is 17.6 Å². The lowest BCUT2D eigenvalue weighted by Gasteiger charge is -2.23. The first-order valence-electron chi connectivity index (χ1n) is 5.95. The Kier molecular flexibility index (Phi) is 5.75. The molecular formula is C13H18BrFN2O2. The van der Waals surface area contributed by atoms with Crippen molar-refractivity contribution in [2.24, 2.45) is 5.41 Å². The molecule has 0 aromatic heterocycles. The first kappa shape index (κ1) is 15.9. The lowest BCUT2D eigenvalue weighted by Crippen LogP contribution is -2.37. The molecule has 0 atom stereocenters. The molecular weight excluding hydrogens is 315 g/mol. The number of rotatable bonds is 5. The zero-order valence-electron chi connectivity index (χ0n) is 11.0. The Hall–Kier alpha value is -1.14. The Morgan fingerprint density at radius 3 is 2.74 bits per heavy atom. The molecule has 106 valence electrons. The number of halogens is 2. The third kappa shape index (κ3) is 5.57. The van der Waals surface area contributed by atoms with Crippen LogP contribution in [0.2, 0.25) is 0 Å². The van der Waals surface area contributed by atoms with Crippen molar-refractivity contribution in [3.05, 3.63) is 28.5 Å². The summed E-state index contributed by atoms with van der Waals surface area (Å²) >= 11 is 3.14. The molecule has 6 heteroatoms. The minimum Gasteiger partial charge on any atom is -0.396 e. The van der Waals surface area contributed by atoms with E-state index in [1.807, 2.05) is 13.8 Å². The van der Waals surface area contributed by atoms with Crippen molar-refractivity contribution in [1.82, 2.24) is 5.32 Å². The molecule has 0 bridgehead atoms. The second kappa shape index (κ2) is 6.86. The van der Waals surface area contributed by atoms with E-state index in [2.05, 4.69) is 26.6 Å². The molecule has 0 fully saturated rings. The van der Waals surface area contributed by atoms with Crippen LogP contribution in [0.5, 0.6) is 0 Å². The van der Waals surface area contributed by atoms with Crippen molar-refractivity contribution in [1.29, 1.82) is 0 Å². The Bertz CT molecular complexity index is 452. The number of hydrogen-bond acceptors (Lipinski definition) is 2. The zero-order chi connectivity index (χ0) is 14.5. The summed E-state index contributed by atoms with van der Waals surface area (Å²) in [5.41, 5.74) is -0.0784. The summed E-state index contributed by atoms with van der Waals surface area (Å²) in [5, 5.41) is 14.0. The van der Waals surface area contributed by atoms with E-state index in [0.29, 0.717) is 17.4 Å². The molecule has 2 amide bonds. The number of aliphatic hydroxyl groups excluding tert-OH is 1. The summed E-state index contributed by atoms with van der Waals surface area (Å²) in [6.45, 7) is 4.34. The summed E-state index contributed by atoms with van der Waals surface area (Å²) < 4.78 is 14.1. The zero-order valence-corrected chi connectivity index (χ0v) is 12.6. The fourth-order valence-electron chi connectivity index (χ4n) is 1.47. The molecule has 0 saturated carbocycles. The Morgan fingerprint density at radius 1 is 1.47 bits per heavy atom. The van der Waals surface area contributed by atoms with Crippen LogP contribution in [0.1, 0.15) is 20.3 Å². The van der Waals surface area contributed by atoms with Crippen LogP contribution in [-0.2, 0) is 0 Å². The van der Waals surface area contributed by atoms with E-state index < -0.39 is 11.8 Å². The Balaban J connectivity index is 2.52. The van der Waals surface area contributed by atoms with E-state index in [9.17, 15) is 9.18 Å². The predicted octanol–water partition coefficient (Wildman–Crippen LogP) is 3.12. The van der Waals surface area contributed by atoms with Crippen molar-refractivity contribution in [3.8, 4) is 0 Å². The van der Waals surface area contributed by atoms with Gasteiger partial charge in [0.2, 0.25) is 0 Å². The summed E-state index contributed by atoms with van der Waals surface area (Å²) in [5.74, 6) is -0.501. The molecule has 0 saturated heterocycles. The standard InChI is InChI=1S/C13H18BrFN2O2/c1-13(2,5-6-18)8-16-12(19)17-11-4-3-9(14)7-10(11)15/h3-4,7,18H,5-6,8H2,1-2H3,(H2,16,17,19). The minimum atomic E-state index is -0.501. The number of aliphatic hydroxyl groups is 1. The summed E-state index contributed by atoms with van der Waals surface area (Å²) in [6, 6.07) is 3.95. The van der Waals surface area contributed by atoms with Crippen LogP contribution < -0.4 is 10.6 Å². The number of carbonyl (C=O) groups excluding carboxylic acids is 1. The van der Waals surface area contributed by atoms with E-state index in [-0.39, 0.29) is 17.7 Å². The van der Waals surface area contributed by atoms with E-state index in [4.69, 9.17) is 5.11 Å². The second-order valence-corrected chi connectivity index (χ2v) is 5.99. The van der Waals surface area contributed by atoms with Crippen LogP contribution in [0.4, 0.5) is 14.9 Å². The molecule has 19 heavy (non-hydrogen) atoms. The Labute approximate surface area is 120 Å².